The van der Waals surface area contributed by atoms with E-state index in [0.29, 0.717) is 11.5 Å². The zero-order valence-corrected chi connectivity index (χ0v) is 19.4. The van der Waals surface area contributed by atoms with Crippen molar-refractivity contribution >= 4 is 22.3 Å². The average molecular weight is 420 g/mol. The third-order valence-electron chi connectivity index (χ3n) is 4.76. The van der Waals surface area contributed by atoms with Gasteiger partial charge in [-0.2, -0.15) is 0 Å². The summed E-state index contributed by atoms with van der Waals surface area (Å²) in [6.07, 6.45) is 2.81. The number of carbonyl (C=O) groups is 1. The number of aromatic nitrogens is 1. The van der Waals surface area contributed by atoms with Crippen LogP contribution in [0.3, 0.4) is 0 Å². The Morgan fingerprint density at radius 3 is 2.13 bits per heavy atom. The van der Waals surface area contributed by atoms with Crippen LogP contribution in [0.1, 0.15) is 45.7 Å². The normalized spacial score (nSPS) is 9.48. The fraction of sp³-hybridized carbons (Fsp3) is 0.259. The minimum absolute atomic E-state index is 0.435. The smallest absolute Gasteiger partial charge is 0.331 e. The number of hydrogen-bond acceptors (Lipinski definition) is 3. The molecule has 1 N–H and O–H groups in total. The number of carboxylic acids is 1. The van der Waals surface area contributed by atoms with Crippen LogP contribution in [-0.4, -0.2) is 23.2 Å². The molecule has 3 rings (SSSR count). The van der Waals surface area contributed by atoms with E-state index in [-0.39, 0.29) is 0 Å². The lowest BCUT2D eigenvalue weighted by atomic mass is 10.0. The van der Waals surface area contributed by atoms with Crippen molar-refractivity contribution in [2.75, 3.05) is 7.11 Å². The van der Waals surface area contributed by atoms with Gasteiger partial charge in [-0.3, -0.25) is 0 Å². The maximum atomic E-state index is 10.1. The summed E-state index contributed by atoms with van der Waals surface area (Å²) in [5, 5.41) is 11.0. The van der Waals surface area contributed by atoms with E-state index in [1.807, 2.05) is 19.1 Å². The molecule has 0 radical (unpaired) electrons. The van der Waals surface area contributed by atoms with Crippen molar-refractivity contribution in [3.8, 4) is 5.88 Å². The first-order valence-electron chi connectivity index (χ1n) is 10.2. The average Bonchev–Trinajstić information content (AvgIpc) is 2.78. The van der Waals surface area contributed by atoms with Gasteiger partial charge in [-0.15, -0.1) is 0 Å². The summed E-state index contributed by atoms with van der Waals surface area (Å²) in [5.74, 6) is -0.190. The van der Waals surface area contributed by atoms with Crippen LogP contribution in [0.2, 0.25) is 0 Å². The highest BCUT2D eigenvalue weighted by Crippen LogP contribution is 2.20. The predicted molar refractivity (Wildman–Crippen MR) is 131 cm³/mol. The first kappa shape index (κ1) is 25.6. The van der Waals surface area contributed by atoms with Gasteiger partial charge in [-0.05, 0) is 68.2 Å². The van der Waals surface area contributed by atoms with Crippen LogP contribution in [0, 0.1) is 0 Å². The van der Waals surface area contributed by atoms with Crippen LogP contribution in [0.25, 0.3) is 16.3 Å². The Balaban J connectivity index is 0.000000238. The van der Waals surface area contributed by atoms with Gasteiger partial charge in [0.25, 0.3) is 0 Å². The summed E-state index contributed by atoms with van der Waals surface area (Å²) in [6, 6.07) is 18.8. The fourth-order valence-electron chi connectivity index (χ4n) is 2.69. The van der Waals surface area contributed by atoms with Crippen LogP contribution in [-0.2, 0) is 11.2 Å². The molecule has 0 amide bonds. The van der Waals surface area contributed by atoms with E-state index in [4.69, 9.17) is 9.84 Å². The number of nitrogens with zero attached hydrogens (tertiary/aromatic N) is 1. The van der Waals surface area contributed by atoms with Crippen molar-refractivity contribution in [3.63, 3.8) is 0 Å². The van der Waals surface area contributed by atoms with E-state index in [2.05, 4.69) is 61.0 Å². The summed E-state index contributed by atoms with van der Waals surface area (Å²) < 4.78 is 5.03. The van der Waals surface area contributed by atoms with Crippen molar-refractivity contribution in [2.45, 2.75) is 41.0 Å². The number of rotatable bonds is 4. The zero-order chi connectivity index (χ0) is 23.4. The van der Waals surface area contributed by atoms with E-state index < -0.39 is 5.97 Å². The highest BCUT2D eigenvalue weighted by molar-refractivity contribution is 5.86. The molecule has 0 aliphatic rings. The first-order chi connectivity index (χ1) is 14.7. The van der Waals surface area contributed by atoms with Crippen LogP contribution < -0.4 is 4.74 Å². The van der Waals surface area contributed by atoms with Crippen LogP contribution in [0.5, 0.6) is 5.88 Å². The molecule has 1 heterocycles. The Morgan fingerprint density at radius 2 is 1.65 bits per heavy atom. The molecule has 0 atom stereocenters. The molecular weight excluding hydrogens is 386 g/mol. The van der Waals surface area contributed by atoms with Crippen LogP contribution in [0.15, 0.2) is 78.5 Å². The standard InChI is InChI=1S/C12H12.C9H11NO.C6H10O2/c1-2-10-7-5-8-11-6-3-4-9-12(10)11;1-7(2)8-5-4-6-10-9(8)11-3;1-4(2)5(3)6(7)8/h3-9H,2H2,1H3;4-6H,1H2,2-3H3;1-3H3,(H,7,8). The first-order valence-corrected chi connectivity index (χ1v) is 10.2. The van der Waals surface area contributed by atoms with Gasteiger partial charge in [0.2, 0.25) is 5.88 Å². The van der Waals surface area contributed by atoms with Crippen molar-refractivity contribution in [3.05, 3.63) is 89.6 Å². The lowest BCUT2D eigenvalue weighted by Crippen LogP contribution is -1.97. The Bertz CT molecular complexity index is 1040. The molecule has 2 aromatic carbocycles. The monoisotopic (exact) mass is 419 g/mol. The third-order valence-corrected chi connectivity index (χ3v) is 4.76. The van der Waals surface area contributed by atoms with E-state index in [1.54, 1.807) is 34.1 Å². The molecule has 31 heavy (non-hydrogen) atoms. The molecule has 0 spiro atoms. The predicted octanol–water partition coefficient (Wildman–Crippen LogP) is 6.95. The maximum absolute atomic E-state index is 10.1. The number of ether oxygens (including phenoxy) is 1. The number of aryl methyl sites for hydroxylation is 1. The maximum Gasteiger partial charge on any atom is 0.331 e. The highest BCUT2D eigenvalue weighted by atomic mass is 16.5. The van der Waals surface area contributed by atoms with Gasteiger partial charge in [0, 0.05) is 17.3 Å². The number of carboxylic acid groups (broad SMARTS) is 1. The zero-order valence-electron chi connectivity index (χ0n) is 19.4. The number of allylic oxidation sites excluding steroid dienone is 2. The molecule has 0 saturated carbocycles. The van der Waals surface area contributed by atoms with Gasteiger partial charge in [0.05, 0.1) is 7.11 Å². The molecule has 0 saturated heterocycles. The number of fused-ring (bicyclic) bond motifs is 1. The molecule has 4 nitrogen and oxygen atoms in total. The molecule has 0 aliphatic carbocycles. The molecule has 164 valence electrons. The third kappa shape index (κ3) is 8.09. The molecule has 0 unspecified atom stereocenters. The largest absolute Gasteiger partial charge is 0.481 e. The number of benzene rings is 2. The second kappa shape index (κ2) is 13.0. The van der Waals surface area contributed by atoms with Gasteiger partial charge in [-0.25, -0.2) is 9.78 Å². The van der Waals surface area contributed by atoms with E-state index >= 15 is 0 Å². The molecule has 0 aliphatic heterocycles. The van der Waals surface area contributed by atoms with Crippen LogP contribution >= 0.6 is 0 Å². The van der Waals surface area contributed by atoms with Crippen molar-refractivity contribution in [2.24, 2.45) is 0 Å². The summed E-state index contributed by atoms with van der Waals surface area (Å²) in [6.45, 7) is 13.1. The summed E-state index contributed by atoms with van der Waals surface area (Å²) in [4.78, 5) is 14.1. The number of methoxy groups -OCH3 is 1. The van der Waals surface area contributed by atoms with Gasteiger partial charge in [0.15, 0.2) is 0 Å². The van der Waals surface area contributed by atoms with Gasteiger partial charge in [-0.1, -0.05) is 61.5 Å². The molecular formula is C27H33NO3. The van der Waals surface area contributed by atoms with Crippen molar-refractivity contribution in [1.82, 2.24) is 4.98 Å². The Morgan fingerprint density at radius 1 is 1.00 bits per heavy atom. The van der Waals surface area contributed by atoms with Crippen molar-refractivity contribution < 1.29 is 14.6 Å². The second-order valence-corrected chi connectivity index (χ2v) is 7.26. The molecule has 1 aromatic heterocycles. The van der Waals surface area contributed by atoms with Crippen LogP contribution in [0.4, 0.5) is 0 Å². The quantitative estimate of drug-likeness (QED) is 0.465. The number of pyridine rings is 1. The minimum Gasteiger partial charge on any atom is -0.481 e. The summed E-state index contributed by atoms with van der Waals surface area (Å²) >= 11 is 0. The molecule has 0 bridgehead atoms. The Labute approximate surface area is 185 Å². The van der Waals surface area contributed by atoms with Crippen molar-refractivity contribution in [1.29, 1.82) is 0 Å². The van der Waals surface area contributed by atoms with E-state index in [1.165, 1.54) is 16.3 Å². The van der Waals surface area contributed by atoms with Gasteiger partial charge in [0.1, 0.15) is 0 Å². The van der Waals surface area contributed by atoms with Gasteiger partial charge >= 0.3 is 5.97 Å². The topological polar surface area (TPSA) is 59.4 Å². The Hall–Kier alpha value is -3.40. The minimum atomic E-state index is -0.829. The highest BCUT2D eigenvalue weighted by Gasteiger charge is 2.01. The lowest BCUT2D eigenvalue weighted by Gasteiger charge is -2.04. The molecule has 4 heteroatoms. The number of hydrogen-bond donors (Lipinski definition) is 1. The second-order valence-electron chi connectivity index (χ2n) is 7.26. The summed E-state index contributed by atoms with van der Waals surface area (Å²) in [7, 11) is 1.61. The van der Waals surface area contributed by atoms with E-state index in [9.17, 15) is 4.79 Å². The molecule has 0 fully saturated rings. The summed E-state index contributed by atoms with van der Waals surface area (Å²) in [5.41, 5.74) is 4.67. The SMILES string of the molecule is C=C(C)c1cccnc1OC.CC(C)=C(C)C(=O)O.CCc1cccc2ccccc12. The lowest BCUT2D eigenvalue weighted by molar-refractivity contribution is -0.132. The fourth-order valence-corrected chi connectivity index (χ4v) is 2.69. The van der Waals surface area contributed by atoms with E-state index in [0.717, 1.165) is 23.1 Å². The number of aliphatic carboxylic acids is 1. The van der Waals surface area contributed by atoms with Gasteiger partial charge < -0.3 is 9.84 Å². The molecule has 3 aromatic rings. The Kier molecular flexibility index (Phi) is 10.8.